The Bertz CT molecular complexity index is 463. The van der Waals surface area contributed by atoms with Crippen LogP contribution in [0, 0.1) is 5.41 Å². The topological polar surface area (TPSA) is 41.9 Å². The molecule has 1 atom stereocenters. The van der Waals surface area contributed by atoms with Crippen molar-refractivity contribution in [1.29, 1.82) is 0 Å². The van der Waals surface area contributed by atoms with Crippen LogP contribution in [0.2, 0.25) is 0 Å². The van der Waals surface area contributed by atoms with Crippen molar-refractivity contribution in [2.75, 3.05) is 33.9 Å². The molecule has 1 unspecified atom stereocenters. The summed E-state index contributed by atoms with van der Waals surface area (Å²) < 4.78 is 10.5. The van der Waals surface area contributed by atoms with Crippen LogP contribution in [-0.4, -0.2) is 43.9 Å². The van der Waals surface area contributed by atoms with Gasteiger partial charge in [-0.1, -0.05) is 19.9 Å². The summed E-state index contributed by atoms with van der Waals surface area (Å²) >= 11 is 0. The number of β-amino-alcohol motifs (C(OH)–C–C–N with tert-alkyl or cyclic N) is 1. The van der Waals surface area contributed by atoms with E-state index in [0.717, 1.165) is 18.7 Å². The second-order valence-corrected chi connectivity index (χ2v) is 6.60. The SMILES string of the molecule is COc1ccc(C(O)CN2CCC(C)(C)CC2)cc1OC. The number of benzene rings is 1. The number of nitrogens with zero attached hydrogens (tertiary/aromatic N) is 1. The first-order valence-corrected chi connectivity index (χ1v) is 7.57. The number of aliphatic hydroxyl groups is 1. The molecule has 1 fully saturated rings. The molecule has 1 aromatic rings. The molecule has 0 spiro atoms. The van der Waals surface area contributed by atoms with E-state index in [9.17, 15) is 5.11 Å². The zero-order chi connectivity index (χ0) is 15.5. The van der Waals surface area contributed by atoms with E-state index in [0.29, 0.717) is 23.5 Å². The Labute approximate surface area is 127 Å². The molecule has 0 bridgehead atoms. The Morgan fingerprint density at radius 3 is 2.33 bits per heavy atom. The Hall–Kier alpha value is -1.26. The molecule has 0 aromatic heterocycles. The van der Waals surface area contributed by atoms with Crippen LogP contribution in [0.25, 0.3) is 0 Å². The zero-order valence-corrected chi connectivity index (χ0v) is 13.6. The third kappa shape index (κ3) is 4.11. The van der Waals surface area contributed by atoms with E-state index in [1.165, 1.54) is 12.8 Å². The fourth-order valence-electron chi connectivity index (χ4n) is 2.75. The molecule has 1 saturated heterocycles. The standard InChI is InChI=1S/C17H27NO3/c1-17(2)7-9-18(10-8-17)12-14(19)13-5-6-15(20-3)16(11-13)21-4/h5-6,11,14,19H,7-10,12H2,1-4H3. The van der Waals surface area contributed by atoms with Crippen LogP contribution in [0.15, 0.2) is 18.2 Å². The maximum atomic E-state index is 10.4. The van der Waals surface area contributed by atoms with Crippen LogP contribution in [0.5, 0.6) is 11.5 Å². The molecule has 0 radical (unpaired) electrons. The molecule has 0 aliphatic carbocycles. The summed E-state index contributed by atoms with van der Waals surface area (Å²) in [5, 5.41) is 10.4. The van der Waals surface area contributed by atoms with Crippen LogP contribution in [0.4, 0.5) is 0 Å². The zero-order valence-electron chi connectivity index (χ0n) is 13.6. The fraction of sp³-hybridized carbons (Fsp3) is 0.647. The summed E-state index contributed by atoms with van der Waals surface area (Å²) in [4.78, 5) is 2.34. The molecule has 1 N–H and O–H groups in total. The summed E-state index contributed by atoms with van der Waals surface area (Å²) in [6.07, 6.45) is 1.88. The molecule has 21 heavy (non-hydrogen) atoms. The van der Waals surface area contributed by atoms with Gasteiger partial charge < -0.3 is 19.5 Å². The summed E-state index contributed by atoms with van der Waals surface area (Å²) in [5.41, 5.74) is 1.31. The summed E-state index contributed by atoms with van der Waals surface area (Å²) in [6, 6.07) is 5.61. The number of rotatable bonds is 5. The van der Waals surface area contributed by atoms with Crippen molar-refractivity contribution in [3.8, 4) is 11.5 Å². The largest absolute Gasteiger partial charge is 0.493 e. The third-order valence-corrected chi connectivity index (χ3v) is 4.43. The Kier molecular flexibility index (Phi) is 5.12. The van der Waals surface area contributed by atoms with Gasteiger partial charge in [-0.2, -0.15) is 0 Å². The van der Waals surface area contributed by atoms with E-state index in [-0.39, 0.29) is 0 Å². The first kappa shape index (κ1) is 16.1. The highest BCUT2D eigenvalue weighted by molar-refractivity contribution is 5.43. The maximum Gasteiger partial charge on any atom is 0.161 e. The normalized spacial score (nSPS) is 20.0. The lowest BCUT2D eigenvalue weighted by Gasteiger charge is -2.37. The van der Waals surface area contributed by atoms with Crippen LogP contribution in [0.1, 0.15) is 38.4 Å². The number of aliphatic hydroxyl groups excluding tert-OH is 1. The number of likely N-dealkylation sites (tertiary alicyclic amines) is 1. The van der Waals surface area contributed by atoms with E-state index in [1.54, 1.807) is 14.2 Å². The molecule has 0 saturated carbocycles. The van der Waals surface area contributed by atoms with Crippen molar-refractivity contribution in [2.45, 2.75) is 32.8 Å². The second kappa shape index (κ2) is 6.67. The minimum atomic E-state index is -0.494. The van der Waals surface area contributed by atoms with Gasteiger partial charge in [0.2, 0.25) is 0 Å². The lowest BCUT2D eigenvalue weighted by atomic mass is 9.82. The molecule has 1 heterocycles. The highest BCUT2D eigenvalue weighted by Gasteiger charge is 2.26. The van der Waals surface area contributed by atoms with Crippen molar-refractivity contribution < 1.29 is 14.6 Å². The molecule has 1 aromatic carbocycles. The van der Waals surface area contributed by atoms with Crippen molar-refractivity contribution in [3.05, 3.63) is 23.8 Å². The monoisotopic (exact) mass is 293 g/mol. The smallest absolute Gasteiger partial charge is 0.161 e. The van der Waals surface area contributed by atoms with Crippen LogP contribution in [0.3, 0.4) is 0 Å². The van der Waals surface area contributed by atoms with Gasteiger partial charge in [0.15, 0.2) is 11.5 Å². The number of piperidine rings is 1. The number of ether oxygens (including phenoxy) is 2. The summed E-state index contributed by atoms with van der Waals surface area (Å²) in [7, 11) is 3.23. The predicted molar refractivity (Wildman–Crippen MR) is 84.0 cm³/mol. The van der Waals surface area contributed by atoms with Crippen molar-refractivity contribution in [3.63, 3.8) is 0 Å². The lowest BCUT2D eigenvalue weighted by Crippen LogP contribution is -2.39. The van der Waals surface area contributed by atoms with Gasteiger partial charge in [0, 0.05) is 6.54 Å². The first-order chi connectivity index (χ1) is 9.95. The number of methoxy groups -OCH3 is 2. The van der Waals surface area contributed by atoms with Crippen LogP contribution < -0.4 is 9.47 Å². The minimum Gasteiger partial charge on any atom is -0.493 e. The van der Waals surface area contributed by atoms with Gasteiger partial charge in [-0.15, -0.1) is 0 Å². The summed E-state index contributed by atoms with van der Waals surface area (Å²) in [5.74, 6) is 1.35. The van der Waals surface area contributed by atoms with Crippen molar-refractivity contribution in [1.82, 2.24) is 4.90 Å². The van der Waals surface area contributed by atoms with E-state index in [1.807, 2.05) is 18.2 Å². The minimum absolute atomic E-state index is 0.435. The molecule has 4 nitrogen and oxygen atoms in total. The predicted octanol–water partition coefficient (Wildman–Crippen LogP) is 2.86. The highest BCUT2D eigenvalue weighted by Crippen LogP contribution is 2.32. The van der Waals surface area contributed by atoms with Gasteiger partial charge in [-0.05, 0) is 49.0 Å². The fourth-order valence-corrected chi connectivity index (χ4v) is 2.75. The molecule has 1 aliphatic heterocycles. The highest BCUT2D eigenvalue weighted by atomic mass is 16.5. The Morgan fingerprint density at radius 1 is 1.14 bits per heavy atom. The van der Waals surface area contributed by atoms with Crippen molar-refractivity contribution in [2.24, 2.45) is 5.41 Å². The lowest BCUT2D eigenvalue weighted by molar-refractivity contribution is 0.0702. The molecule has 2 rings (SSSR count). The van der Waals surface area contributed by atoms with E-state index < -0.39 is 6.10 Å². The van der Waals surface area contributed by atoms with Gasteiger partial charge in [-0.3, -0.25) is 0 Å². The van der Waals surface area contributed by atoms with Gasteiger partial charge in [0.05, 0.1) is 20.3 Å². The van der Waals surface area contributed by atoms with Gasteiger partial charge in [0.25, 0.3) is 0 Å². The molecular formula is C17H27NO3. The quantitative estimate of drug-likeness (QED) is 0.906. The number of hydrogen-bond donors (Lipinski definition) is 1. The Morgan fingerprint density at radius 2 is 1.76 bits per heavy atom. The van der Waals surface area contributed by atoms with E-state index >= 15 is 0 Å². The van der Waals surface area contributed by atoms with E-state index in [2.05, 4.69) is 18.7 Å². The average Bonchev–Trinajstić information content (AvgIpc) is 2.48. The first-order valence-electron chi connectivity index (χ1n) is 7.57. The summed E-state index contributed by atoms with van der Waals surface area (Å²) in [6.45, 7) is 7.41. The molecular weight excluding hydrogens is 266 g/mol. The van der Waals surface area contributed by atoms with Gasteiger partial charge in [0.1, 0.15) is 0 Å². The maximum absolute atomic E-state index is 10.4. The molecule has 1 aliphatic rings. The van der Waals surface area contributed by atoms with Crippen LogP contribution in [-0.2, 0) is 0 Å². The van der Waals surface area contributed by atoms with Crippen LogP contribution >= 0.6 is 0 Å². The third-order valence-electron chi connectivity index (χ3n) is 4.43. The second-order valence-electron chi connectivity index (χ2n) is 6.60. The van der Waals surface area contributed by atoms with Gasteiger partial charge >= 0.3 is 0 Å². The average molecular weight is 293 g/mol. The number of hydrogen-bond acceptors (Lipinski definition) is 4. The molecule has 4 heteroatoms. The van der Waals surface area contributed by atoms with Gasteiger partial charge in [-0.25, -0.2) is 0 Å². The molecule has 118 valence electrons. The van der Waals surface area contributed by atoms with Crippen molar-refractivity contribution >= 4 is 0 Å². The Balaban J connectivity index is 1.99. The van der Waals surface area contributed by atoms with E-state index in [4.69, 9.17) is 9.47 Å². The molecule has 0 amide bonds.